The SMILES string of the molecule is COc1ccc(-c2nc(-c3ccc(C#N)cc3)cs2)c2c1oc1ccccc12. The summed E-state index contributed by atoms with van der Waals surface area (Å²) < 4.78 is 11.6. The minimum absolute atomic E-state index is 0.640. The largest absolute Gasteiger partial charge is 0.493 e. The molecule has 3 aromatic carbocycles. The molecule has 0 saturated heterocycles. The molecule has 2 aromatic heterocycles. The molecule has 5 aromatic rings. The molecule has 2 heterocycles. The van der Waals surface area contributed by atoms with Crippen molar-refractivity contribution in [1.82, 2.24) is 4.98 Å². The van der Waals surface area contributed by atoms with Crippen LogP contribution in [0.2, 0.25) is 0 Å². The standard InChI is InChI=1S/C23H14N2O2S/c1-26-20-11-10-17(21-16-4-2-3-5-19(16)27-22(20)21)23-25-18(13-28-23)15-8-6-14(12-24)7-9-15/h2-11,13H,1H3. The summed E-state index contributed by atoms with van der Waals surface area (Å²) in [5.41, 5.74) is 5.10. The van der Waals surface area contributed by atoms with Crippen molar-refractivity contribution in [3.05, 3.63) is 71.6 Å². The Labute approximate surface area is 165 Å². The predicted molar refractivity (Wildman–Crippen MR) is 112 cm³/mol. The van der Waals surface area contributed by atoms with E-state index in [1.807, 2.05) is 60.0 Å². The van der Waals surface area contributed by atoms with Gasteiger partial charge in [0, 0.05) is 27.3 Å². The Balaban J connectivity index is 1.69. The summed E-state index contributed by atoms with van der Waals surface area (Å²) >= 11 is 1.59. The summed E-state index contributed by atoms with van der Waals surface area (Å²) in [5, 5.41) is 14.0. The molecule has 0 spiro atoms. The molecule has 28 heavy (non-hydrogen) atoms. The zero-order valence-corrected chi connectivity index (χ0v) is 15.8. The van der Waals surface area contributed by atoms with Crippen LogP contribution >= 0.6 is 11.3 Å². The van der Waals surface area contributed by atoms with Crippen LogP contribution in [0.5, 0.6) is 5.75 Å². The zero-order chi connectivity index (χ0) is 19.1. The Morgan fingerprint density at radius 2 is 1.86 bits per heavy atom. The van der Waals surface area contributed by atoms with Crippen molar-refractivity contribution in [3.8, 4) is 33.6 Å². The van der Waals surface area contributed by atoms with Crippen LogP contribution in [0.3, 0.4) is 0 Å². The fourth-order valence-corrected chi connectivity index (χ4v) is 4.25. The summed E-state index contributed by atoms with van der Waals surface area (Å²) in [5.74, 6) is 0.707. The molecule has 4 nitrogen and oxygen atoms in total. The maximum Gasteiger partial charge on any atom is 0.177 e. The predicted octanol–water partition coefficient (Wildman–Crippen LogP) is 6.26. The molecule has 0 radical (unpaired) electrons. The second kappa shape index (κ2) is 6.52. The fraction of sp³-hybridized carbons (Fsp3) is 0.0435. The van der Waals surface area contributed by atoms with E-state index < -0.39 is 0 Å². The van der Waals surface area contributed by atoms with Crippen molar-refractivity contribution in [3.63, 3.8) is 0 Å². The number of rotatable bonds is 3. The Bertz CT molecular complexity index is 1360. The van der Waals surface area contributed by atoms with E-state index in [0.29, 0.717) is 11.3 Å². The minimum Gasteiger partial charge on any atom is -0.493 e. The van der Waals surface area contributed by atoms with Crippen LogP contribution < -0.4 is 4.74 Å². The quantitative estimate of drug-likeness (QED) is 0.370. The third-order valence-corrected chi connectivity index (χ3v) is 5.63. The number of nitriles is 1. The summed E-state index contributed by atoms with van der Waals surface area (Å²) in [6.45, 7) is 0. The molecule has 0 N–H and O–H groups in total. The lowest BCUT2D eigenvalue weighted by atomic mass is 10.1. The van der Waals surface area contributed by atoms with Gasteiger partial charge in [0.25, 0.3) is 0 Å². The number of benzene rings is 3. The van der Waals surface area contributed by atoms with Gasteiger partial charge in [-0.1, -0.05) is 30.3 Å². The molecule has 5 rings (SSSR count). The molecular formula is C23H14N2O2S. The van der Waals surface area contributed by atoms with Crippen LogP contribution in [0.15, 0.2) is 70.5 Å². The smallest absolute Gasteiger partial charge is 0.177 e. The Kier molecular flexibility index (Phi) is 3.85. The first kappa shape index (κ1) is 16.5. The van der Waals surface area contributed by atoms with Crippen molar-refractivity contribution in [1.29, 1.82) is 5.26 Å². The molecule has 0 aliphatic rings. The highest BCUT2D eigenvalue weighted by Gasteiger charge is 2.18. The molecule has 0 saturated carbocycles. The van der Waals surface area contributed by atoms with E-state index in [0.717, 1.165) is 43.8 Å². The number of hydrogen-bond donors (Lipinski definition) is 0. The average Bonchev–Trinajstić information content (AvgIpc) is 3.38. The number of thiazole rings is 1. The Morgan fingerprint density at radius 1 is 1.04 bits per heavy atom. The van der Waals surface area contributed by atoms with Crippen LogP contribution in [0.25, 0.3) is 43.8 Å². The van der Waals surface area contributed by atoms with Gasteiger partial charge in [-0.2, -0.15) is 5.26 Å². The van der Waals surface area contributed by atoms with Gasteiger partial charge in [-0.25, -0.2) is 4.98 Å². The number of methoxy groups -OCH3 is 1. The van der Waals surface area contributed by atoms with Gasteiger partial charge in [-0.3, -0.25) is 0 Å². The second-order valence-corrected chi connectivity index (χ2v) is 7.20. The zero-order valence-electron chi connectivity index (χ0n) is 15.0. The maximum atomic E-state index is 8.98. The van der Waals surface area contributed by atoms with Gasteiger partial charge in [0.2, 0.25) is 0 Å². The summed E-state index contributed by atoms with van der Waals surface area (Å²) in [7, 11) is 1.65. The Hall–Kier alpha value is -3.62. The molecule has 0 atom stereocenters. The highest BCUT2D eigenvalue weighted by atomic mass is 32.1. The van der Waals surface area contributed by atoms with E-state index >= 15 is 0 Å². The first-order chi connectivity index (χ1) is 13.8. The first-order valence-electron chi connectivity index (χ1n) is 8.73. The summed E-state index contributed by atoms with van der Waals surface area (Å²) in [4.78, 5) is 4.85. The van der Waals surface area contributed by atoms with Gasteiger partial charge in [-0.05, 0) is 30.3 Å². The van der Waals surface area contributed by atoms with E-state index in [1.54, 1.807) is 18.4 Å². The van der Waals surface area contributed by atoms with Gasteiger partial charge in [-0.15, -0.1) is 11.3 Å². The molecule has 0 bridgehead atoms. The summed E-state index contributed by atoms with van der Waals surface area (Å²) in [6, 6.07) is 21.5. The highest BCUT2D eigenvalue weighted by Crippen LogP contribution is 2.42. The van der Waals surface area contributed by atoms with Gasteiger partial charge >= 0.3 is 0 Å². The highest BCUT2D eigenvalue weighted by molar-refractivity contribution is 7.13. The molecule has 0 amide bonds. The summed E-state index contributed by atoms with van der Waals surface area (Å²) in [6.07, 6.45) is 0. The van der Waals surface area contributed by atoms with E-state index in [2.05, 4.69) is 12.1 Å². The third kappa shape index (κ3) is 2.55. The second-order valence-electron chi connectivity index (χ2n) is 6.34. The van der Waals surface area contributed by atoms with Crippen molar-refractivity contribution in [2.75, 3.05) is 7.11 Å². The van der Waals surface area contributed by atoms with Crippen LogP contribution in [-0.2, 0) is 0 Å². The van der Waals surface area contributed by atoms with Crippen molar-refractivity contribution < 1.29 is 9.15 Å². The van der Waals surface area contributed by atoms with Crippen LogP contribution in [0.4, 0.5) is 0 Å². The van der Waals surface area contributed by atoms with Crippen LogP contribution in [0, 0.1) is 11.3 Å². The Morgan fingerprint density at radius 3 is 2.64 bits per heavy atom. The van der Waals surface area contributed by atoms with Crippen molar-refractivity contribution in [2.24, 2.45) is 0 Å². The van der Waals surface area contributed by atoms with E-state index in [4.69, 9.17) is 19.4 Å². The number of aromatic nitrogens is 1. The monoisotopic (exact) mass is 382 g/mol. The lowest BCUT2D eigenvalue weighted by Gasteiger charge is -2.04. The van der Waals surface area contributed by atoms with Gasteiger partial charge in [0.15, 0.2) is 11.3 Å². The number of para-hydroxylation sites is 1. The molecule has 5 heteroatoms. The molecule has 0 fully saturated rings. The maximum absolute atomic E-state index is 8.98. The van der Waals surface area contributed by atoms with Gasteiger partial charge < -0.3 is 9.15 Å². The van der Waals surface area contributed by atoms with Crippen LogP contribution in [0.1, 0.15) is 5.56 Å². The van der Waals surface area contributed by atoms with Crippen LogP contribution in [-0.4, -0.2) is 12.1 Å². The van der Waals surface area contributed by atoms with Crippen molar-refractivity contribution in [2.45, 2.75) is 0 Å². The number of fused-ring (bicyclic) bond motifs is 3. The molecule has 0 aliphatic heterocycles. The lowest BCUT2D eigenvalue weighted by Crippen LogP contribution is -1.86. The molecule has 134 valence electrons. The number of ether oxygens (including phenoxy) is 1. The third-order valence-electron chi connectivity index (χ3n) is 4.75. The van der Waals surface area contributed by atoms with E-state index in [-0.39, 0.29) is 0 Å². The van der Waals surface area contributed by atoms with Gasteiger partial charge in [0.05, 0.1) is 24.4 Å². The van der Waals surface area contributed by atoms with Crippen molar-refractivity contribution >= 4 is 33.3 Å². The molecular weight excluding hydrogens is 368 g/mol. The number of nitrogens with zero attached hydrogens (tertiary/aromatic N) is 2. The molecule has 0 unspecified atom stereocenters. The van der Waals surface area contributed by atoms with E-state index in [1.165, 1.54) is 0 Å². The minimum atomic E-state index is 0.640. The normalized spacial score (nSPS) is 11.0. The number of furan rings is 1. The number of hydrogen-bond acceptors (Lipinski definition) is 5. The fourth-order valence-electron chi connectivity index (χ4n) is 3.39. The van der Waals surface area contributed by atoms with E-state index in [9.17, 15) is 0 Å². The van der Waals surface area contributed by atoms with Gasteiger partial charge in [0.1, 0.15) is 10.6 Å². The lowest BCUT2D eigenvalue weighted by molar-refractivity contribution is 0.412. The average molecular weight is 382 g/mol. The topological polar surface area (TPSA) is 59.0 Å². The molecule has 0 aliphatic carbocycles. The first-order valence-corrected chi connectivity index (χ1v) is 9.61.